The minimum absolute atomic E-state index is 0.0285. The summed E-state index contributed by atoms with van der Waals surface area (Å²) in [5.74, 6) is 0.518. The summed E-state index contributed by atoms with van der Waals surface area (Å²) < 4.78 is 0.279. The Bertz CT molecular complexity index is 535. The number of carbonyl (C=O) groups excluding carboxylic acids is 1. The standard InChI is InChI=1S/C18H27Cl2NO/c1-16(2)7-11-8-18(5,9-16)10-21(11)15(22)14-12(6-13(19)20)17(14,3)4/h6,11-12,14H,7-10H2,1-5H3/t11-,12-,14+,18+/m0/s1. The average molecular weight is 344 g/mol. The third-order valence-electron chi connectivity index (χ3n) is 6.18. The van der Waals surface area contributed by atoms with Crippen LogP contribution in [0.2, 0.25) is 0 Å². The third kappa shape index (κ3) is 2.71. The summed E-state index contributed by atoms with van der Waals surface area (Å²) in [6.07, 6.45) is 5.34. The molecule has 1 amide bonds. The Morgan fingerprint density at radius 2 is 1.77 bits per heavy atom. The molecule has 0 radical (unpaired) electrons. The number of amides is 1. The zero-order valence-corrected chi connectivity index (χ0v) is 15.8. The van der Waals surface area contributed by atoms with Gasteiger partial charge >= 0.3 is 0 Å². The zero-order valence-electron chi connectivity index (χ0n) is 14.2. The maximum Gasteiger partial charge on any atom is 0.227 e. The number of rotatable bonds is 2. The summed E-state index contributed by atoms with van der Waals surface area (Å²) >= 11 is 11.6. The number of nitrogens with zero attached hydrogens (tertiary/aromatic N) is 1. The van der Waals surface area contributed by atoms with Gasteiger partial charge in [-0.25, -0.2) is 0 Å². The van der Waals surface area contributed by atoms with E-state index in [0.717, 1.165) is 19.4 Å². The van der Waals surface area contributed by atoms with E-state index in [9.17, 15) is 4.79 Å². The number of halogens is 2. The van der Waals surface area contributed by atoms with Crippen molar-refractivity contribution in [2.75, 3.05) is 6.54 Å². The van der Waals surface area contributed by atoms with Crippen LogP contribution in [0.1, 0.15) is 53.9 Å². The summed E-state index contributed by atoms with van der Waals surface area (Å²) in [6.45, 7) is 12.2. The van der Waals surface area contributed by atoms with Gasteiger partial charge < -0.3 is 4.90 Å². The second-order valence-electron chi connectivity index (χ2n) is 9.46. The van der Waals surface area contributed by atoms with E-state index in [1.165, 1.54) is 6.42 Å². The fourth-order valence-electron chi connectivity index (χ4n) is 5.49. The summed E-state index contributed by atoms with van der Waals surface area (Å²) in [7, 11) is 0. The van der Waals surface area contributed by atoms with Crippen molar-refractivity contribution in [3.8, 4) is 0 Å². The summed E-state index contributed by atoms with van der Waals surface area (Å²) in [6, 6.07) is 0.411. The minimum atomic E-state index is -0.0285. The van der Waals surface area contributed by atoms with Gasteiger partial charge in [-0.05, 0) is 47.5 Å². The van der Waals surface area contributed by atoms with Crippen LogP contribution in [-0.4, -0.2) is 23.4 Å². The fourth-order valence-corrected chi connectivity index (χ4v) is 5.76. The molecule has 0 aromatic rings. The molecule has 2 nitrogen and oxygen atoms in total. The quantitative estimate of drug-likeness (QED) is 0.690. The molecule has 3 rings (SSSR count). The van der Waals surface area contributed by atoms with Crippen LogP contribution in [0, 0.1) is 28.1 Å². The first kappa shape index (κ1) is 16.6. The summed E-state index contributed by atoms with van der Waals surface area (Å²) in [5, 5.41) is 0. The number of hydrogen-bond donors (Lipinski definition) is 0. The van der Waals surface area contributed by atoms with Gasteiger partial charge in [-0.3, -0.25) is 4.79 Å². The predicted octanol–water partition coefficient (Wildman–Crippen LogP) is 5.00. The molecular formula is C18H27Cl2NO. The Kier molecular flexibility index (Phi) is 3.70. The van der Waals surface area contributed by atoms with Crippen molar-refractivity contribution in [2.45, 2.75) is 59.9 Å². The molecule has 4 heteroatoms. The van der Waals surface area contributed by atoms with Crippen molar-refractivity contribution in [3.63, 3.8) is 0 Å². The first-order valence-electron chi connectivity index (χ1n) is 8.29. The Morgan fingerprint density at radius 1 is 1.14 bits per heavy atom. The number of allylic oxidation sites excluding steroid dienone is 1. The predicted molar refractivity (Wildman–Crippen MR) is 91.8 cm³/mol. The maximum absolute atomic E-state index is 13.1. The van der Waals surface area contributed by atoms with Crippen molar-refractivity contribution in [3.05, 3.63) is 10.6 Å². The summed E-state index contributed by atoms with van der Waals surface area (Å²) in [4.78, 5) is 15.3. The molecule has 0 spiro atoms. The topological polar surface area (TPSA) is 20.3 Å². The molecule has 3 fully saturated rings. The van der Waals surface area contributed by atoms with Gasteiger partial charge in [0.2, 0.25) is 5.91 Å². The molecule has 22 heavy (non-hydrogen) atoms. The number of carbonyl (C=O) groups is 1. The van der Waals surface area contributed by atoms with Crippen LogP contribution >= 0.6 is 23.2 Å². The van der Waals surface area contributed by atoms with Crippen LogP contribution in [-0.2, 0) is 4.79 Å². The maximum atomic E-state index is 13.1. The van der Waals surface area contributed by atoms with E-state index >= 15 is 0 Å². The lowest BCUT2D eigenvalue weighted by atomic mass is 9.65. The zero-order chi connectivity index (χ0) is 16.5. The highest BCUT2D eigenvalue weighted by atomic mass is 35.5. The lowest BCUT2D eigenvalue weighted by Gasteiger charge is -2.39. The van der Waals surface area contributed by atoms with Gasteiger partial charge in [-0.2, -0.15) is 0 Å². The molecule has 0 N–H and O–H groups in total. The van der Waals surface area contributed by atoms with Crippen molar-refractivity contribution in [1.29, 1.82) is 0 Å². The second kappa shape index (κ2) is 4.89. The SMILES string of the molecule is CC1(C)C[C@H]2C[C@@](C)(CN2C(=O)[C@H]2[C@H](C=C(Cl)Cl)C2(C)C)C1. The molecule has 2 bridgehead atoms. The van der Waals surface area contributed by atoms with Crippen LogP contribution in [0.5, 0.6) is 0 Å². The van der Waals surface area contributed by atoms with Crippen LogP contribution in [0.3, 0.4) is 0 Å². The molecule has 2 aliphatic carbocycles. The molecule has 3 aliphatic rings. The van der Waals surface area contributed by atoms with Crippen molar-refractivity contribution in [2.24, 2.45) is 28.1 Å². The molecule has 2 saturated carbocycles. The van der Waals surface area contributed by atoms with Crippen LogP contribution in [0.15, 0.2) is 10.6 Å². The van der Waals surface area contributed by atoms with Gasteiger partial charge in [0.05, 0.1) is 5.92 Å². The van der Waals surface area contributed by atoms with E-state index in [1.807, 2.05) is 6.08 Å². The van der Waals surface area contributed by atoms with Crippen LogP contribution in [0.4, 0.5) is 0 Å². The molecule has 124 valence electrons. The molecule has 4 atom stereocenters. The van der Waals surface area contributed by atoms with Crippen molar-refractivity contribution >= 4 is 29.1 Å². The van der Waals surface area contributed by atoms with Crippen LogP contribution < -0.4 is 0 Å². The number of fused-ring (bicyclic) bond motifs is 2. The van der Waals surface area contributed by atoms with Crippen molar-refractivity contribution in [1.82, 2.24) is 4.90 Å². The number of hydrogen-bond acceptors (Lipinski definition) is 1. The smallest absolute Gasteiger partial charge is 0.227 e. The van der Waals surface area contributed by atoms with Crippen LogP contribution in [0.25, 0.3) is 0 Å². The largest absolute Gasteiger partial charge is 0.339 e. The lowest BCUT2D eigenvalue weighted by molar-refractivity contribution is -0.134. The first-order chi connectivity index (χ1) is 9.95. The molecule has 0 unspecified atom stereocenters. The second-order valence-corrected chi connectivity index (χ2v) is 10.5. The molecule has 1 heterocycles. The average Bonchev–Trinajstić information content (AvgIpc) is 2.70. The highest BCUT2D eigenvalue weighted by Crippen LogP contribution is 2.62. The molecule has 1 aliphatic heterocycles. The Balaban J connectivity index is 1.79. The first-order valence-corrected chi connectivity index (χ1v) is 9.04. The third-order valence-corrected chi connectivity index (χ3v) is 6.43. The van der Waals surface area contributed by atoms with E-state index in [0.29, 0.717) is 17.4 Å². The van der Waals surface area contributed by atoms with Gasteiger partial charge in [0.25, 0.3) is 0 Å². The van der Waals surface area contributed by atoms with E-state index in [1.54, 1.807) is 0 Å². The lowest BCUT2D eigenvalue weighted by Crippen LogP contribution is -2.39. The van der Waals surface area contributed by atoms with E-state index in [4.69, 9.17) is 23.2 Å². The minimum Gasteiger partial charge on any atom is -0.339 e. The Labute approximate surface area is 144 Å². The van der Waals surface area contributed by atoms with E-state index in [-0.39, 0.29) is 27.2 Å². The fraction of sp³-hybridized carbons (Fsp3) is 0.833. The highest BCUT2D eigenvalue weighted by molar-refractivity contribution is 6.55. The monoisotopic (exact) mass is 343 g/mol. The van der Waals surface area contributed by atoms with Gasteiger partial charge in [-0.15, -0.1) is 0 Å². The molecular weight excluding hydrogens is 317 g/mol. The summed E-state index contributed by atoms with van der Waals surface area (Å²) in [5.41, 5.74) is 0.598. The van der Waals surface area contributed by atoms with Gasteiger partial charge in [0.15, 0.2) is 0 Å². The molecule has 1 saturated heterocycles. The van der Waals surface area contributed by atoms with E-state index < -0.39 is 0 Å². The Morgan fingerprint density at radius 3 is 2.36 bits per heavy atom. The van der Waals surface area contributed by atoms with Gasteiger partial charge in [0, 0.05) is 12.6 Å². The highest BCUT2D eigenvalue weighted by Gasteiger charge is 2.63. The van der Waals surface area contributed by atoms with Gasteiger partial charge in [-0.1, -0.05) is 57.8 Å². The normalized spacial score (nSPS) is 41.2. The molecule has 0 aromatic heterocycles. The van der Waals surface area contributed by atoms with E-state index in [2.05, 4.69) is 39.5 Å². The number of likely N-dealkylation sites (tertiary alicyclic amines) is 1. The van der Waals surface area contributed by atoms with Gasteiger partial charge in [0.1, 0.15) is 4.49 Å². The molecule has 0 aromatic carbocycles. The van der Waals surface area contributed by atoms with Crippen molar-refractivity contribution < 1.29 is 4.79 Å². The Hall–Kier alpha value is -0.210.